The molecule has 3 aliphatic rings. The molecule has 3 heterocycles. The molecule has 23 heavy (non-hydrogen) atoms. The summed E-state index contributed by atoms with van der Waals surface area (Å²) in [4.78, 5) is 22.7. The maximum atomic E-state index is 12.5. The minimum atomic E-state index is -0.220. The first-order valence-electron chi connectivity index (χ1n) is 8.47. The van der Waals surface area contributed by atoms with Crippen molar-refractivity contribution in [2.24, 2.45) is 5.92 Å². The van der Waals surface area contributed by atoms with Crippen molar-refractivity contribution < 1.29 is 14.3 Å². The molecular weight excluding hydrogens is 294 g/mol. The molecule has 0 aromatic carbocycles. The Kier molecular flexibility index (Phi) is 3.81. The first-order chi connectivity index (χ1) is 11.1. The van der Waals surface area contributed by atoms with Crippen molar-refractivity contribution in [1.29, 1.82) is 0 Å². The van der Waals surface area contributed by atoms with Crippen LogP contribution in [0.4, 0.5) is 0 Å². The Morgan fingerprint density at radius 3 is 3.04 bits per heavy atom. The number of hydrogen-bond acceptors (Lipinski definition) is 5. The first kappa shape index (κ1) is 15.0. The fourth-order valence-corrected chi connectivity index (χ4v) is 3.43. The van der Waals surface area contributed by atoms with Crippen LogP contribution in [0.5, 0.6) is 0 Å². The average Bonchev–Trinajstić information content (AvgIpc) is 3.18. The van der Waals surface area contributed by atoms with Gasteiger partial charge in [-0.25, -0.2) is 4.98 Å². The maximum Gasteiger partial charge on any atom is 0.274 e. The van der Waals surface area contributed by atoms with E-state index in [2.05, 4.69) is 9.97 Å². The fraction of sp³-hybridized carbons (Fsp3) is 0.706. The molecular formula is C17H23N3O3. The van der Waals surface area contributed by atoms with Gasteiger partial charge in [-0.3, -0.25) is 9.78 Å². The molecule has 0 unspecified atom stereocenters. The molecule has 1 aliphatic carbocycles. The fourth-order valence-electron chi connectivity index (χ4n) is 3.43. The lowest BCUT2D eigenvalue weighted by Gasteiger charge is -2.23. The van der Waals surface area contributed by atoms with Crippen molar-refractivity contribution in [1.82, 2.24) is 14.9 Å². The van der Waals surface area contributed by atoms with Crippen LogP contribution in [0.25, 0.3) is 0 Å². The van der Waals surface area contributed by atoms with E-state index in [1.54, 1.807) is 12.4 Å². The molecule has 124 valence electrons. The van der Waals surface area contributed by atoms with Gasteiger partial charge in [-0.1, -0.05) is 0 Å². The van der Waals surface area contributed by atoms with E-state index in [9.17, 15) is 4.79 Å². The molecule has 0 radical (unpaired) electrons. The van der Waals surface area contributed by atoms with Crippen LogP contribution < -0.4 is 0 Å². The monoisotopic (exact) mass is 317 g/mol. The molecule has 2 saturated heterocycles. The van der Waals surface area contributed by atoms with Crippen LogP contribution in [0.2, 0.25) is 0 Å². The highest BCUT2D eigenvalue weighted by Crippen LogP contribution is 2.37. The summed E-state index contributed by atoms with van der Waals surface area (Å²) in [7, 11) is 0. The highest BCUT2D eigenvalue weighted by atomic mass is 16.6. The standard InChI is InChI=1S/C17H23N3O3/c1-12-7-19-15(8-18-12)16(21)20-5-4-17(11-20)6-14(10-23-17)22-9-13-2-3-13/h7-8,13-14H,2-6,9-11H2,1H3/t14-,17-/m1/s1. The smallest absolute Gasteiger partial charge is 0.274 e. The third-order valence-electron chi connectivity index (χ3n) is 5.04. The van der Waals surface area contributed by atoms with Crippen molar-refractivity contribution in [3.63, 3.8) is 0 Å². The molecule has 0 bridgehead atoms. The van der Waals surface area contributed by atoms with E-state index in [1.165, 1.54) is 12.8 Å². The molecule has 1 saturated carbocycles. The summed E-state index contributed by atoms with van der Waals surface area (Å²) >= 11 is 0. The quantitative estimate of drug-likeness (QED) is 0.844. The molecule has 2 atom stereocenters. The van der Waals surface area contributed by atoms with Crippen molar-refractivity contribution in [3.8, 4) is 0 Å². The van der Waals surface area contributed by atoms with Gasteiger partial charge in [0, 0.05) is 25.8 Å². The van der Waals surface area contributed by atoms with E-state index in [0.717, 1.165) is 31.1 Å². The highest BCUT2D eigenvalue weighted by molar-refractivity contribution is 5.92. The van der Waals surface area contributed by atoms with E-state index in [1.807, 2.05) is 11.8 Å². The second kappa shape index (κ2) is 5.83. The number of aromatic nitrogens is 2. The van der Waals surface area contributed by atoms with Crippen molar-refractivity contribution in [3.05, 3.63) is 23.8 Å². The molecule has 0 N–H and O–H groups in total. The third-order valence-corrected chi connectivity index (χ3v) is 5.04. The number of amides is 1. The van der Waals surface area contributed by atoms with Crippen LogP contribution in [0, 0.1) is 12.8 Å². The first-order valence-corrected chi connectivity index (χ1v) is 8.47. The van der Waals surface area contributed by atoms with Crippen LogP contribution in [-0.2, 0) is 9.47 Å². The second-order valence-electron chi connectivity index (χ2n) is 7.12. The topological polar surface area (TPSA) is 64.6 Å². The van der Waals surface area contributed by atoms with E-state index in [0.29, 0.717) is 25.4 Å². The third kappa shape index (κ3) is 3.23. The van der Waals surface area contributed by atoms with Gasteiger partial charge in [0.25, 0.3) is 5.91 Å². The largest absolute Gasteiger partial charge is 0.375 e. The summed E-state index contributed by atoms with van der Waals surface area (Å²) < 4.78 is 12.0. The van der Waals surface area contributed by atoms with Crippen LogP contribution in [-0.4, -0.2) is 58.8 Å². The minimum absolute atomic E-state index is 0.0553. The predicted octanol–water partition coefficient (Wildman–Crippen LogP) is 1.59. The predicted molar refractivity (Wildman–Crippen MR) is 83.1 cm³/mol. The Morgan fingerprint density at radius 1 is 1.43 bits per heavy atom. The zero-order valence-electron chi connectivity index (χ0n) is 13.5. The Balaban J connectivity index is 1.35. The second-order valence-corrected chi connectivity index (χ2v) is 7.12. The van der Waals surface area contributed by atoms with E-state index in [-0.39, 0.29) is 17.6 Å². The molecule has 1 aromatic heterocycles. The van der Waals surface area contributed by atoms with E-state index < -0.39 is 0 Å². The van der Waals surface area contributed by atoms with Gasteiger partial charge in [-0.15, -0.1) is 0 Å². The van der Waals surface area contributed by atoms with Crippen molar-refractivity contribution in [2.45, 2.75) is 44.3 Å². The van der Waals surface area contributed by atoms with Crippen LogP contribution >= 0.6 is 0 Å². The number of aryl methyl sites for hydroxylation is 1. The SMILES string of the molecule is Cc1cnc(C(=O)N2CC[C@@]3(C[C@@H](OCC4CC4)CO3)C2)cn1. The van der Waals surface area contributed by atoms with E-state index in [4.69, 9.17) is 9.47 Å². The number of ether oxygens (including phenoxy) is 2. The Hall–Kier alpha value is -1.53. The molecule has 6 nitrogen and oxygen atoms in total. The lowest BCUT2D eigenvalue weighted by molar-refractivity contribution is 0.00153. The van der Waals surface area contributed by atoms with Gasteiger partial charge in [0.15, 0.2) is 0 Å². The summed E-state index contributed by atoms with van der Waals surface area (Å²) in [5.74, 6) is 0.716. The maximum absolute atomic E-state index is 12.5. The number of carbonyl (C=O) groups is 1. The van der Waals surface area contributed by atoms with Crippen molar-refractivity contribution in [2.75, 3.05) is 26.3 Å². The number of nitrogens with zero attached hydrogens (tertiary/aromatic N) is 3. The molecule has 4 rings (SSSR count). The summed E-state index contributed by atoms with van der Waals surface area (Å²) in [5.41, 5.74) is 1.00. The zero-order valence-corrected chi connectivity index (χ0v) is 13.5. The van der Waals surface area contributed by atoms with Gasteiger partial charge in [0.2, 0.25) is 0 Å². The van der Waals surface area contributed by atoms with Gasteiger partial charge in [-0.2, -0.15) is 0 Å². The summed E-state index contributed by atoms with van der Waals surface area (Å²) in [5, 5.41) is 0. The Bertz CT molecular complexity index is 587. The normalized spacial score (nSPS) is 30.3. The lowest BCUT2D eigenvalue weighted by Crippen LogP contribution is -2.36. The van der Waals surface area contributed by atoms with Gasteiger partial charge in [-0.05, 0) is 32.1 Å². The highest BCUT2D eigenvalue weighted by Gasteiger charge is 2.47. The number of likely N-dealkylation sites (tertiary alicyclic amines) is 1. The van der Waals surface area contributed by atoms with E-state index >= 15 is 0 Å². The molecule has 1 amide bonds. The average molecular weight is 317 g/mol. The van der Waals surface area contributed by atoms with Gasteiger partial charge >= 0.3 is 0 Å². The van der Waals surface area contributed by atoms with Crippen LogP contribution in [0.15, 0.2) is 12.4 Å². The molecule has 1 aromatic rings. The van der Waals surface area contributed by atoms with Crippen LogP contribution in [0.1, 0.15) is 41.9 Å². The Morgan fingerprint density at radius 2 is 2.30 bits per heavy atom. The van der Waals surface area contributed by atoms with Gasteiger partial charge < -0.3 is 14.4 Å². The molecule has 2 aliphatic heterocycles. The van der Waals surface area contributed by atoms with Crippen molar-refractivity contribution >= 4 is 5.91 Å². The summed E-state index contributed by atoms with van der Waals surface area (Å²) in [6.45, 7) is 4.72. The Labute approximate surface area is 136 Å². The summed E-state index contributed by atoms with van der Waals surface area (Å²) in [6.07, 6.45) is 7.75. The van der Waals surface area contributed by atoms with Gasteiger partial charge in [0.05, 0.1) is 36.7 Å². The zero-order chi connectivity index (χ0) is 15.9. The van der Waals surface area contributed by atoms with Gasteiger partial charge in [0.1, 0.15) is 5.69 Å². The number of carbonyl (C=O) groups excluding carboxylic acids is 1. The number of hydrogen-bond donors (Lipinski definition) is 0. The minimum Gasteiger partial charge on any atom is -0.375 e. The molecule has 6 heteroatoms. The lowest BCUT2D eigenvalue weighted by atomic mass is 9.98. The molecule has 3 fully saturated rings. The van der Waals surface area contributed by atoms with Crippen LogP contribution in [0.3, 0.4) is 0 Å². The molecule has 1 spiro atoms. The summed E-state index contributed by atoms with van der Waals surface area (Å²) in [6, 6.07) is 0. The number of rotatable bonds is 4.